The Morgan fingerprint density at radius 3 is 2.36 bits per heavy atom. The summed E-state index contributed by atoms with van der Waals surface area (Å²) < 4.78 is 10.9. The number of benzene rings is 1. The second-order valence-electron chi connectivity index (χ2n) is 6.49. The third-order valence-electron chi connectivity index (χ3n) is 3.25. The first-order chi connectivity index (χ1) is 10.4. The van der Waals surface area contributed by atoms with Crippen LogP contribution >= 0.6 is 0 Å². The highest BCUT2D eigenvalue weighted by Gasteiger charge is 2.28. The summed E-state index contributed by atoms with van der Waals surface area (Å²) in [5.41, 5.74) is 0.584. The first-order valence-electron chi connectivity index (χ1n) is 7.90. The number of amides is 1. The van der Waals surface area contributed by atoms with Gasteiger partial charge in [-0.05, 0) is 32.8 Å². The molecule has 4 heteroatoms. The molecular formula is C18H29NO3. The summed E-state index contributed by atoms with van der Waals surface area (Å²) in [6.07, 6.45) is 1.59. The number of methoxy groups -OCH3 is 1. The van der Waals surface area contributed by atoms with Gasteiger partial charge in [-0.3, -0.25) is 4.90 Å². The van der Waals surface area contributed by atoms with Crippen LogP contribution in [-0.4, -0.2) is 36.4 Å². The minimum Gasteiger partial charge on any atom is -0.444 e. The third-order valence-corrected chi connectivity index (χ3v) is 3.25. The third kappa shape index (κ3) is 6.48. The van der Waals surface area contributed by atoms with E-state index in [1.165, 1.54) is 0 Å². The lowest BCUT2D eigenvalue weighted by atomic mass is 10.1. The second kappa shape index (κ2) is 8.79. The molecule has 22 heavy (non-hydrogen) atoms. The van der Waals surface area contributed by atoms with Crippen molar-refractivity contribution in [3.63, 3.8) is 0 Å². The molecule has 0 aliphatic rings. The van der Waals surface area contributed by atoms with E-state index in [-0.39, 0.29) is 12.1 Å². The van der Waals surface area contributed by atoms with Gasteiger partial charge in [0, 0.05) is 13.7 Å². The van der Waals surface area contributed by atoms with Crippen LogP contribution in [0, 0.1) is 0 Å². The van der Waals surface area contributed by atoms with Crippen LogP contribution < -0.4 is 0 Å². The quantitative estimate of drug-likeness (QED) is 0.756. The zero-order chi connectivity index (χ0) is 16.6. The summed E-state index contributed by atoms with van der Waals surface area (Å²) in [6.45, 7) is 8.81. The average molecular weight is 307 g/mol. The van der Waals surface area contributed by atoms with Gasteiger partial charge in [0.25, 0.3) is 0 Å². The average Bonchev–Trinajstić information content (AvgIpc) is 2.44. The molecule has 1 aromatic rings. The Balaban J connectivity index is 2.94. The van der Waals surface area contributed by atoms with Gasteiger partial charge in [-0.1, -0.05) is 43.7 Å². The number of rotatable bonds is 7. The van der Waals surface area contributed by atoms with E-state index in [4.69, 9.17) is 9.47 Å². The van der Waals surface area contributed by atoms with Crippen molar-refractivity contribution in [1.29, 1.82) is 0 Å². The van der Waals surface area contributed by atoms with Gasteiger partial charge >= 0.3 is 6.09 Å². The fraction of sp³-hybridized carbons (Fsp3) is 0.611. The van der Waals surface area contributed by atoms with Crippen LogP contribution in [0.15, 0.2) is 30.3 Å². The molecule has 0 unspecified atom stereocenters. The van der Waals surface area contributed by atoms with E-state index in [9.17, 15) is 4.79 Å². The summed E-state index contributed by atoms with van der Waals surface area (Å²) in [5, 5.41) is 0. The van der Waals surface area contributed by atoms with Crippen molar-refractivity contribution in [2.75, 3.05) is 13.7 Å². The van der Waals surface area contributed by atoms with Crippen molar-refractivity contribution in [3.8, 4) is 0 Å². The molecule has 0 aliphatic carbocycles. The van der Waals surface area contributed by atoms with Crippen molar-refractivity contribution in [2.45, 2.75) is 58.7 Å². The van der Waals surface area contributed by atoms with Crippen molar-refractivity contribution >= 4 is 6.09 Å². The number of nitrogens with zero attached hydrogens (tertiary/aromatic N) is 1. The van der Waals surface area contributed by atoms with Gasteiger partial charge in [-0.15, -0.1) is 0 Å². The molecule has 1 amide bonds. The predicted molar refractivity (Wildman–Crippen MR) is 88.8 cm³/mol. The number of carbonyl (C=O) groups excluding carboxylic acids is 1. The minimum absolute atomic E-state index is 0.0186. The molecule has 0 radical (unpaired) electrons. The second-order valence-corrected chi connectivity index (χ2v) is 6.49. The molecule has 0 aliphatic heterocycles. The molecular weight excluding hydrogens is 278 g/mol. The van der Waals surface area contributed by atoms with E-state index >= 15 is 0 Å². The molecule has 4 nitrogen and oxygen atoms in total. The number of hydrogen-bond donors (Lipinski definition) is 0. The minimum atomic E-state index is -0.504. The predicted octanol–water partition coefficient (Wildman–Crippen LogP) is 4.24. The lowest BCUT2D eigenvalue weighted by molar-refractivity contribution is 0.00196. The Hall–Kier alpha value is -1.55. The van der Waals surface area contributed by atoms with Crippen LogP contribution in [0.1, 0.15) is 46.1 Å². The molecule has 1 atom stereocenters. The molecule has 0 N–H and O–H groups in total. The summed E-state index contributed by atoms with van der Waals surface area (Å²) in [4.78, 5) is 14.4. The molecule has 0 saturated heterocycles. The Bertz CT molecular complexity index is 433. The van der Waals surface area contributed by atoms with Gasteiger partial charge in [0.1, 0.15) is 5.60 Å². The topological polar surface area (TPSA) is 38.8 Å². The van der Waals surface area contributed by atoms with Crippen molar-refractivity contribution in [3.05, 3.63) is 35.9 Å². The molecule has 0 aromatic heterocycles. The highest BCUT2D eigenvalue weighted by Crippen LogP contribution is 2.18. The van der Waals surface area contributed by atoms with E-state index in [2.05, 4.69) is 6.92 Å². The van der Waals surface area contributed by atoms with Gasteiger partial charge < -0.3 is 9.47 Å². The fourth-order valence-electron chi connectivity index (χ4n) is 2.30. The monoisotopic (exact) mass is 307 g/mol. The van der Waals surface area contributed by atoms with Crippen LogP contribution in [0.2, 0.25) is 0 Å². The van der Waals surface area contributed by atoms with E-state index in [1.54, 1.807) is 12.0 Å². The standard InChI is InChI=1S/C18H29NO3/c1-6-10-16(14-21-5)19(17(20)22-18(2,3)4)13-15-11-8-7-9-12-15/h7-9,11-12,16H,6,10,13-14H2,1-5H3/t16-/m0/s1. The van der Waals surface area contributed by atoms with Crippen LogP contribution in [0.3, 0.4) is 0 Å². The van der Waals surface area contributed by atoms with Crippen LogP contribution in [0.5, 0.6) is 0 Å². The van der Waals surface area contributed by atoms with Gasteiger partial charge in [-0.25, -0.2) is 4.79 Å². The van der Waals surface area contributed by atoms with Gasteiger partial charge in [0.05, 0.1) is 12.6 Å². The van der Waals surface area contributed by atoms with Crippen LogP contribution in [0.4, 0.5) is 4.79 Å². The van der Waals surface area contributed by atoms with Crippen molar-refractivity contribution in [1.82, 2.24) is 4.90 Å². The lowest BCUT2D eigenvalue weighted by Gasteiger charge is -2.33. The maximum absolute atomic E-state index is 12.6. The van der Waals surface area contributed by atoms with Crippen molar-refractivity contribution < 1.29 is 14.3 Å². The molecule has 0 bridgehead atoms. The molecule has 1 rings (SSSR count). The maximum atomic E-state index is 12.6. The molecule has 0 saturated carbocycles. The molecule has 124 valence electrons. The zero-order valence-corrected chi connectivity index (χ0v) is 14.5. The number of carbonyl (C=O) groups is 1. The van der Waals surface area contributed by atoms with Gasteiger partial charge in [0.15, 0.2) is 0 Å². The molecule has 0 fully saturated rings. The molecule has 1 aromatic carbocycles. The van der Waals surface area contributed by atoms with Gasteiger partial charge in [-0.2, -0.15) is 0 Å². The van der Waals surface area contributed by atoms with E-state index in [0.717, 1.165) is 18.4 Å². The Kier molecular flexibility index (Phi) is 7.39. The van der Waals surface area contributed by atoms with Crippen LogP contribution in [-0.2, 0) is 16.0 Å². The lowest BCUT2D eigenvalue weighted by Crippen LogP contribution is -2.45. The summed E-state index contributed by atoms with van der Waals surface area (Å²) in [7, 11) is 1.67. The van der Waals surface area contributed by atoms with Gasteiger partial charge in [0.2, 0.25) is 0 Å². The normalized spacial score (nSPS) is 12.8. The molecule has 0 heterocycles. The summed E-state index contributed by atoms with van der Waals surface area (Å²) in [6, 6.07) is 9.99. The first kappa shape index (κ1) is 18.5. The molecule has 0 spiro atoms. The largest absolute Gasteiger partial charge is 0.444 e. The number of hydrogen-bond acceptors (Lipinski definition) is 3. The fourth-order valence-corrected chi connectivity index (χ4v) is 2.30. The zero-order valence-electron chi connectivity index (χ0n) is 14.5. The highest BCUT2D eigenvalue weighted by atomic mass is 16.6. The maximum Gasteiger partial charge on any atom is 0.410 e. The van der Waals surface area contributed by atoms with Crippen LogP contribution in [0.25, 0.3) is 0 Å². The number of ether oxygens (including phenoxy) is 2. The summed E-state index contributed by atoms with van der Waals surface area (Å²) in [5.74, 6) is 0. The Morgan fingerprint density at radius 2 is 1.86 bits per heavy atom. The van der Waals surface area contributed by atoms with Crippen molar-refractivity contribution in [2.24, 2.45) is 0 Å². The van der Waals surface area contributed by atoms with E-state index in [1.807, 2.05) is 51.1 Å². The smallest absolute Gasteiger partial charge is 0.410 e. The highest BCUT2D eigenvalue weighted by molar-refractivity contribution is 5.68. The Morgan fingerprint density at radius 1 is 1.23 bits per heavy atom. The first-order valence-corrected chi connectivity index (χ1v) is 7.90. The SMILES string of the molecule is CCC[C@@H](COC)N(Cc1ccccc1)C(=O)OC(C)(C)C. The summed E-state index contributed by atoms with van der Waals surface area (Å²) >= 11 is 0. The Labute approximate surface area is 134 Å². The van der Waals surface area contributed by atoms with E-state index < -0.39 is 5.60 Å². The van der Waals surface area contributed by atoms with E-state index in [0.29, 0.717) is 13.2 Å².